The van der Waals surface area contributed by atoms with Crippen LogP contribution in [0.25, 0.3) is 22.3 Å². The normalized spacial score (nSPS) is 13.5. The van der Waals surface area contributed by atoms with Crippen molar-refractivity contribution in [1.82, 2.24) is 10.6 Å². The number of phosphoric ester groups is 1. The first-order chi connectivity index (χ1) is 25.0. The van der Waals surface area contributed by atoms with Crippen molar-refractivity contribution in [3.8, 4) is 22.3 Å². The molecule has 0 spiro atoms. The van der Waals surface area contributed by atoms with E-state index in [1.165, 1.54) is 11.1 Å². The molecule has 0 heterocycles. The Morgan fingerprint density at radius 3 is 1.38 bits per heavy atom. The van der Waals surface area contributed by atoms with Crippen molar-refractivity contribution in [2.45, 2.75) is 80.2 Å². The molecule has 2 atom stereocenters. The zero-order valence-electron chi connectivity index (χ0n) is 32.4. The molecule has 8 nitrogen and oxygen atoms in total. The van der Waals surface area contributed by atoms with Gasteiger partial charge >= 0.3 is 7.82 Å². The highest BCUT2D eigenvalue weighted by Crippen LogP contribution is 2.44. The number of hydrogen-bond donors (Lipinski definition) is 3. The van der Waals surface area contributed by atoms with Gasteiger partial charge in [0.05, 0.1) is 32.1 Å². The number of carbonyl (C=O) groups excluding carboxylic acids is 2. The highest BCUT2D eigenvalue weighted by atomic mass is 31.2. The molecule has 0 aromatic heterocycles. The minimum absolute atomic E-state index is 0.00358. The molecule has 0 bridgehead atoms. The van der Waals surface area contributed by atoms with E-state index in [1.54, 1.807) is 0 Å². The van der Waals surface area contributed by atoms with Crippen LogP contribution in [0.1, 0.15) is 70.7 Å². The van der Waals surface area contributed by atoms with Gasteiger partial charge in [0.15, 0.2) is 0 Å². The van der Waals surface area contributed by atoms with E-state index < -0.39 is 13.9 Å². The predicted molar refractivity (Wildman–Crippen MR) is 214 cm³/mol. The van der Waals surface area contributed by atoms with Crippen LogP contribution in [0.15, 0.2) is 97.1 Å². The summed E-state index contributed by atoms with van der Waals surface area (Å²) in [6.45, 7) is 14.1. The van der Waals surface area contributed by atoms with Crippen molar-refractivity contribution in [2.24, 2.45) is 17.3 Å². The second-order valence-corrected chi connectivity index (χ2v) is 17.5. The Morgan fingerprint density at radius 2 is 1.00 bits per heavy atom. The smallest absolute Gasteiger partial charge is 0.354 e. The molecule has 3 N–H and O–H groups in total. The van der Waals surface area contributed by atoms with E-state index in [9.17, 15) is 19.0 Å². The molecule has 0 aliphatic heterocycles. The summed E-state index contributed by atoms with van der Waals surface area (Å²) >= 11 is 0. The molecule has 4 aromatic carbocycles. The van der Waals surface area contributed by atoms with Gasteiger partial charge in [-0.1, -0.05) is 146 Å². The van der Waals surface area contributed by atoms with Gasteiger partial charge in [-0.3, -0.25) is 18.6 Å². The first kappa shape index (κ1) is 41.7. The zero-order valence-corrected chi connectivity index (χ0v) is 33.2. The molecule has 0 radical (unpaired) electrons. The number of nitrogens with one attached hydrogen (secondary N) is 2. The molecule has 4 rings (SSSR count). The van der Waals surface area contributed by atoms with Crippen molar-refractivity contribution in [3.05, 3.63) is 119 Å². The minimum atomic E-state index is -4.40. The van der Waals surface area contributed by atoms with Crippen LogP contribution in [0.4, 0.5) is 0 Å². The fourth-order valence-corrected chi connectivity index (χ4v) is 6.83. The summed E-state index contributed by atoms with van der Waals surface area (Å²) in [5.74, 6) is 0.630. The van der Waals surface area contributed by atoms with E-state index in [0.29, 0.717) is 11.8 Å². The van der Waals surface area contributed by atoms with Crippen LogP contribution >= 0.6 is 7.82 Å². The van der Waals surface area contributed by atoms with Crippen molar-refractivity contribution in [2.75, 3.05) is 19.8 Å². The van der Waals surface area contributed by atoms with Crippen LogP contribution < -0.4 is 10.6 Å². The maximum atomic E-state index is 13.2. The summed E-state index contributed by atoms with van der Waals surface area (Å²) in [6, 6.07) is 32.0. The summed E-state index contributed by atoms with van der Waals surface area (Å²) < 4.78 is 23.1. The lowest BCUT2D eigenvalue weighted by atomic mass is 9.98. The van der Waals surface area contributed by atoms with Crippen molar-refractivity contribution in [3.63, 3.8) is 0 Å². The third-order valence-corrected chi connectivity index (χ3v) is 9.44. The van der Waals surface area contributed by atoms with E-state index in [4.69, 9.17) is 9.05 Å². The third-order valence-electron chi connectivity index (χ3n) is 8.51. The fourth-order valence-electron chi connectivity index (χ4n) is 5.84. The van der Waals surface area contributed by atoms with Gasteiger partial charge in [0, 0.05) is 6.54 Å². The first-order valence-corrected chi connectivity index (χ1v) is 20.1. The Balaban J connectivity index is 1.35. The second-order valence-electron chi connectivity index (χ2n) is 16.0. The maximum Gasteiger partial charge on any atom is 0.472 e. The van der Waals surface area contributed by atoms with Crippen LogP contribution in [0.5, 0.6) is 0 Å². The van der Waals surface area contributed by atoms with Crippen LogP contribution in [0, 0.1) is 17.3 Å². The fraction of sp³-hybridized carbons (Fsp3) is 0.409. The van der Waals surface area contributed by atoms with Gasteiger partial charge in [0.2, 0.25) is 11.8 Å². The quantitative estimate of drug-likeness (QED) is 0.0878. The van der Waals surface area contributed by atoms with E-state index in [-0.39, 0.29) is 49.8 Å². The number of amides is 2. The highest BCUT2D eigenvalue weighted by Gasteiger charge is 2.27. The second kappa shape index (κ2) is 19.3. The molecule has 2 amide bonds. The van der Waals surface area contributed by atoms with Crippen LogP contribution in [0.3, 0.4) is 0 Å². The SMILES string of the molecule is CC(C)Cc1ccc(-c2ccc(CC(=O)NC[C@H](COP(=O)(O)OCC(C)(C)C)NC(=O)Cc3ccc(-c4ccc(CC(C)C)cc4)cc3)cc2)cc1. The molecule has 1 unspecified atom stereocenters. The maximum absolute atomic E-state index is 13.2. The van der Waals surface area contributed by atoms with E-state index >= 15 is 0 Å². The van der Waals surface area contributed by atoms with Crippen molar-refractivity contribution in [1.29, 1.82) is 0 Å². The molecule has 4 aromatic rings. The Labute approximate surface area is 316 Å². The van der Waals surface area contributed by atoms with Crippen molar-refractivity contribution >= 4 is 19.6 Å². The minimum Gasteiger partial charge on any atom is -0.354 e. The van der Waals surface area contributed by atoms with Crippen LogP contribution in [-0.2, 0) is 48.9 Å². The van der Waals surface area contributed by atoms with Gasteiger partial charge < -0.3 is 15.5 Å². The molecule has 0 fully saturated rings. The average Bonchev–Trinajstić information content (AvgIpc) is 3.09. The van der Waals surface area contributed by atoms with Gasteiger partial charge in [-0.25, -0.2) is 4.57 Å². The van der Waals surface area contributed by atoms with Crippen LogP contribution in [0.2, 0.25) is 0 Å². The molecule has 0 aliphatic carbocycles. The van der Waals surface area contributed by atoms with E-state index in [1.807, 2.05) is 69.3 Å². The Bertz CT molecular complexity index is 1800. The number of rotatable bonds is 18. The molecular weight excluding hydrogens is 683 g/mol. The van der Waals surface area contributed by atoms with E-state index in [0.717, 1.165) is 46.2 Å². The van der Waals surface area contributed by atoms with Gasteiger partial charge in [0.1, 0.15) is 0 Å². The highest BCUT2D eigenvalue weighted by molar-refractivity contribution is 7.47. The first-order valence-electron chi connectivity index (χ1n) is 18.6. The lowest BCUT2D eigenvalue weighted by molar-refractivity contribution is -0.123. The lowest BCUT2D eigenvalue weighted by Gasteiger charge is -2.23. The average molecular weight is 741 g/mol. The van der Waals surface area contributed by atoms with Gasteiger partial charge in [-0.05, 0) is 74.6 Å². The Morgan fingerprint density at radius 1 is 0.623 bits per heavy atom. The molecule has 53 heavy (non-hydrogen) atoms. The van der Waals surface area contributed by atoms with Gasteiger partial charge in [-0.2, -0.15) is 0 Å². The Kier molecular flexibility index (Phi) is 15.2. The standard InChI is InChI=1S/C44H57N2O6P/c1-31(2)24-33-8-16-37(17-9-33)39-20-12-35(13-21-39)26-42(47)45-28-41(29-51-53(49,50)52-30-44(5,6)7)46-43(48)27-36-14-22-40(23-15-36)38-18-10-34(11-19-38)25-32(3)4/h8-23,31-32,41H,24-30H2,1-7H3,(H,45,47)(H,46,48)(H,49,50)/t41-/m1/s1. The van der Waals surface area contributed by atoms with Crippen LogP contribution in [-0.4, -0.2) is 42.5 Å². The summed E-state index contributed by atoms with van der Waals surface area (Å²) in [7, 11) is -4.40. The molecule has 0 saturated heterocycles. The third kappa shape index (κ3) is 15.1. The molecular formula is C44H57N2O6P. The zero-order chi connectivity index (χ0) is 38.6. The summed E-state index contributed by atoms with van der Waals surface area (Å²) in [6.07, 6.45) is 2.29. The monoisotopic (exact) mass is 740 g/mol. The number of hydrogen-bond acceptors (Lipinski definition) is 5. The number of benzene rings is 4. The summed E-state index contributed by atoms with van der Waals surface area (Å²) in [5, 5.41) is 5.73. The molecule has 0 aliphatic rings. The molecule has 9 heteroatoms. The number of carbonyl (C=O) groups is 2. The number of phosphoric acid groups is 1. The Hall–Kier alpha value is -4.07. The molecule has 284 valence electrons. The summed E-state index contributed by atoms with van der Waals surface area (Å²) in [4.78, 5) is 36.5. The molecule has 0 saturated carbocycles. The van der Waals surface area contributed by atoms with Gasteiger partial charge in [-0.15, -0.1) is 0 Å². The topological polar surface area (TPSA) is 114 Å². The summed E-state index contributed by atoms with van der Waals surface area (Å²) in [5.41, 5.74) is 8.24. The predicted octanol–water partition coefficient (Wildman–Crippen LogP) is 8.98. The van der Waals surface area contributed by atoms with Gasteiger partial charge in [0.25, 0.3) is 0 Å². The van der Waals surface area contributed by atoms with Crippen molar-refractivity contribution < 1.29 is 28.1 Å². The largest absolute Gasteiger partial charge is 0.472 e. The van der Waals surface area contributed by atoms with E-state index in [2.05, 4.69) is 86.9 Å². The lowest BCUT2D eigenvalue weighted by Crippen LogP contribution is -2.47.